The van der Waals surface area contributed by atoms with Crippen LogP contribution in [0.15, 0.2) is 191 Å². The first-order valence-corrected chi connectivity index (χ1v) is 18.5. The van der Waals surface area contributed by atoms with Crippen LogP contribution < -0.4 is 10.4 Å². The fraction of sp³-hybridized carbons (Fsp3) is 0.0204. The summed E-state index contributed by atoms with van der Waals surface area (Å²) in [6.45, 7) is 0. The van der Waals surface area contributed by atoms with Crippen molar-refractivity contribution in [2.24, 2.45) is 5.09 Å². The Morgan fingerprint density at radius 1 is 0.473 bits per heavy atom. The molecule has 1 aliphatic heterocycles. The zero-order valence-corrected chi connectivity index (χ0v) is 29.6. The quantitative estimate of drug-likeness (QED) is 0.143. The molecule has 0 bridgehead atoms. The van der Waals surface area contributed by atoms with Crippen molar-refractivity contribution in [1.29, 1.82) is 0 Å². The standard InChI is InChI=1S/C49H31BN2O3/c53-50(51-54)43-23-11-19-37-38-20-12-24-46(48(38)55-47(37)43)52-44-27-25-33(31-13-3-1-4-14-31)29-41(44)49(39-21-9-7-17-35(39)36-18-8-10-22-40(36)49)42-30-34(26-28-45(42)52)32-15-5-2-6-16-32/h1-30,53H. The van der Waals surface area contributed by atoms with Gasteiger partial charge in [0.1, 0.15) is 5.58 Å². The van der Waals surface area contributed by atoms with Gasteiger partial charge in [0.05, 0.1) is 22.5 Å². The molecular weight excluding hydrogens is 675 g/mol. The van der Waals surface area contributed by atoms with Crippen molar-refractivity contribution in [1.82, 2.24) is 0 Å². The summed E-state index contributed by atoms with van der Waals surface area (Å²) in [6.07, 6.45) is 0. The molecule has 0 atom stereocenters. The molecule has 0 saturated heterocycles. The number of rotatable bonds is 5. The second-order valence-electron chi connectivity index (χ2n) is 14.3. The second kappa shape index (κ2) is 12.0. The summed E-state index contributed by atoms with van der Waals surface area (Å²) in [6, 6.07) is 64.2. The van der Waals surface area contributed by atoms with E-state index in [-0.39, 0.29) is 0 Å². The van der Waals surface area contributed by atoms with Crippen molar-refractivity contribution in [2.75, 3.05) is 4.90 Å². The minimum absolute atomic E-state index is 0.340. The molecule has 0 saturated carbocycles. The maximum Gasteiger partial charge on any atom is 0.521 e. The topological polar surface area (TPSA) is 66.0 Å². The van der Waals surface area contributed by atoms with Gasteiger partial charge in [-0.15, -0.1) is 0 Å². The highest BCUT2D eigenvalue weighted by Gasteiger charge is 2.52. The largest absolute Gasteiger partial charge is 0.521 e. The van der Waals surface area contributed by atoms with Gasteiger partial charge in [-0.05, 0) is 86.0 Å². The van der Waals surface area contributed by atoms with Crippen LogP contribution in [0.2, 0.25) is 0 Å². The number of nitrogens with zero attached hydrogens (tertiary/aromatic N) is 2. The van der Waals surface area contributed by atoms with Crippen LogP contribution in [0.4, 0.5) is 17.1 Å². The number of fused-ring (bicyclic) bond motifs is 12. The lowest BCUT2D eigenvalue weighted by molar-refractivity contribution is 0.586. The SMILES string of the molecule is O=NB(O)c1cccc2c1oc1c(N3c4ccc(-c5ccccc5)cc4C4(c5ccccc5-c5ccccc54)c4cc(-c5ccccc5)ccc43)cccc12. The number of nitroso groups, excluding NO2 is 1. The van der Waals surface area contributed by atoms with E-state index >= 15 is 0 Å². The normalized spacial score (nSPS) is 13.4. The van der Waals surface area contributed by atoms with Gasteiger partial charge in [0, 0.05) is 16.2 Å². The van der Waals surface area contributed by atoms with Crippen molar-refractivity contribution >= 4 is 51.5 Å². The van der Waals surface area contributed by atoms with Crippen LogP contribution in [0.1, 0.15) is 22.3 Å². The highest BCUT2D eigenvalue weighted by molar-refractivity contribution is 6.67. The third-order valence-electron chi connectivity index (χ3n) is 11.6. The zero-order valence-electron chi connectivity index (χ0n) is 29.6. The average Bonchev–Trinajstić information content (AvgIpc) is 3.79. The van der Waals surface area contributed by atoms with Gasteiger partial charge < -0.3 is 14.3 Å². The van der Waals surface area contributed by atoms with E-state index in [1.165, 1.54) is 33.4 Å². The third kappa shape index (κ3) is 4.40. The summed E-state index contributed by atoms with van der Waals surface area (Å²) in [5.41, 5.74) is 15.5. The maximum atomic E-state index is 11.6. The lowest BCUT2D eigenvalue weighted by Gasteiger charge is -2.45. The Bertz CT molecular complexity index is 2850. The van der Waals surface area contributed by atoms with E-state index in [2.05, 4.69) is 162 Å². The predicted octanol–water partition coefficient (Wildman–Crippen LogP) is 11.5. The number of anilines is 3. The summed E-state index contributed by atoms with van der Waals surface area (Å²) >= 11 is 0. The Morgan fingerprint density at radius 2 is 0.982 bits per heavy atom. The summed E-state index contributed by atoms with van der Waals surface area (Å²) in [4.78, 5) is 13.9. The molecule has 0 amide bonds. The summed E-state index contributed by atoms with van der Waals surface area (Å²) < 4.78 is 6.74. The van der Waals surface area contributed by atoms with Gasteiger partial charge in [0.15, 0.2) is 5.58 Å². The van der Waals surface area contributed by atoms with E-state index in [9.17, 15) is 9.93 Å². The first-order valence-electron chi connectivity index (χ1n) is 18.5. The van der Waals surface area contributed by atoms with Gasteiger partial charge in [-0.3, -0.25) is 0 Å². The molecule has 6 heteroatoms. The number of furan rings is 1. The molecule has 1 aliphatic carbocycles. The first-order chi connectivity index (χ1) is 27.2. The molecule has 1 N–H and O–H groups in total. The van der Waals surface area contributed by atoms with Crippen LogP contribution >= 0.6 is 0 Å². The maximum absolute atomic E-state index is 11.6. The Labute approximate surface area is 317 Å². The van der Waals surface area contributed by atoms with Crippen LogP contribution in [-0.2, 0) is 5.41 Å². The Hall–Kier alpha value is -7.02. The van der Waals surface area contributed by atoms with E-state index in [4.69, 9.17) is 4.42 Å². The average molecular weight is 707 g/mol. The lowest BCUT2D eigenvalue weighted by atomic mass is 9.64. The molecule has 2 aliphatic rings. The smallest absolute Gasteiger partial charge is 0.454 e. The van der Waals surface area contributed by atoms with Crippen LogP contribution in [0, 0.1) is 4.91 Å². The first kappa shape index (κ1) is 31.5. The molecule has 8 aromatic carbocycles. The van der Waals surface area contributed by atoms with Gasteiger partial charge >= 0.3 is 7.05 Å². The van der Waals surface area contributed by atoms with Crippen molar-refractivity contribution in [3.05, 3.63) is 209 Å². The number of hydrogen-bond acceptors (Lipinski definition) is 5. The zero-order chi connectivity index (χ0) is 36.7. The highest BCUT2D eigenvalue weighted by atomic mass is 16.3. The van der Waals surface area contributed by atoms with Crippen molar-refractivity contribution < 1.29 is 9.44 Å². The summed E-state index contributed by atoms with van der Waals surface area (Å²) in [5.74, 6) is 0. The molecule has 11 rings (SSSR count). The Kier molecular flexibility index (Phi) is 6.88. The molecule has 5 nitrogen and oxygen atoms in total. The number of hydrogen-bond donors (Lipinski definition) is 1. The van der Waals surface area contributed by atoms with Gasteiger partial charge in [-0.25, -0.2) is 0 Å². The van der Waals surface area contributed by atoms with E-state index in [0.29, 0.717) is 16.6 Å². The predicted molar refractivity (Wildman–Crippen MR) is 224 cm³/mol. The van der Waals surface area contributed by atoms with Crippen LogP contribution in [0.3, 0.4) is 0 Å². The monoisotopic (exact) mass is 706 g/mol. The lowest BCUT2D eigenvalue weighted by Crippen LogP contribution is -2.36. The van der Waals surface area contributed by atoms with Crippen LogP contribution in [0.25, 0.3) is 55.3 Å². The minimum Gasteiger partial charge on any atom is -0.454 e. The molecule has 0 fully saturated rings. The van der Waals surface area contributed by atoms with Gasteiger partial charge in [-0.1, -0.05) is 157 Å². The summed E-state index contributed by atoms with van der Waals surface area (Å²) in [7, 11) is -1.54. The molecule has 9 aromatic rings. The van der Waals surface area contributed by atoms with Crippen LogP contribution in [-0.4, -0.2) is 12.1 Å². The van der Waals surface area contributed by atoms with Gasteiger partial charge in [-0.2, -0.15) is 4.91 Å². The molecule has 2 heterocycles. The third-order valence-corrected chi connectivity index (χ3v) is 11.6. The van der Waals surface area contributed by atoms with E-state index in [1.807, 2.05) is 24.3 Å². The van der Waals surface area contributed by atoms with E-state index in [1.54, 1.807) is 6.07 Å². The van der Waals surface area contributed by atoms with E-state index in [0.717, 1.165) is 50.1 Å². The molecule has 0 radical (unpaired) electrons. The van der Waals surface area contributed by atoms with Gasteiger partial charge in [0.25, 0.3) is 0 Å². The Morgan fingerprint density at radius 3 is 1.55 bits per heavy atom. The fourth-order valence-corrected chi connectivity index (χ4v) is 9.30. The minimum atomic E-state index is -1.54. The highest BCUT2D eigenvalue weighted by Crippen LogP contribution is 2.64. The second-order valence-corrected chi connectivity index (χ2v) is 14.3. The van der Waals surface area contributed by atoms with Crippen molar-refractivity contribution in [2.45, 2.75) is 5.41 Å². The van der Waals surface area contributed by atoms with Crippen LogP contribution in [0.5, 0.6) is 0 Å². The van der Waals surface area contributed by atoms with Gasteiger partial charge in [0.2, 0.25) is 0 Å². The Balaban J connectivity index is 1.29. The molecule has 1 spiro atoms. The molecule has 1 aromatic heterocycles. The number of benzene rings is 8. The molecular formula is C49H31BN2O3. The summed E-state index contributed by atoms with van der Waals surface area (Å²) in [5, 5.41) is 15.2. The van der Waals surface area contributed by atoms with Crippen molar-refractivity contribution in [3.63, 3.8) is 0 Å². The van der Waals surface area contributed by atoms with E-state index < -0.39 is 12.5 Å². The molecule has 258 valence electrons. The fourth-order valence-electron chi connectivity index (χ4n) is 9.30. The molecule has 55 heavy (non-hydrogen) atoms. The van der Waals surface area contributed by atoms with Crippen molar-refractivity contribution in [3.8, 4) is 33.4 Å². The molecule has 0 unspecified atom stereocenters. The number of para-hydroxylation sites is 2.